The van der Waals surface area contributed by atoms with Gasteiger partial charge in [-0.2, -0.15) is 0 Å². The summed E-state index contributed by atoms with van der Waals surface area (Å²) in [5.74, 6) is 1.11. The molecule has 0 spiro atoms. The molecule has 1 saturated heterocycles. The number of nitrogens with zero attached hydrogens (tertiary/aromatic N) is 3. The van der Waals surface area contributed by atoms with Crippen molar-refractivity contribution in [2.45, 2.75) is 18.9 Å². The third kappa shape index (κ3) is 3.28. The Kier molecular flexibility index (Phi) is 4.62. The average molecular weight is 401 g/mol. The number of carbonyl (C=O) groups is 1. The molecule has 5 rings (SSSR count). The minimum atomic E-state index is 0.00965. The molecule has 0 saturated carbocycles. The molecule has 30 heavy (non-hydrogen) atoms. The number of fused-ring (bicyclic) bond motifs is 4. The minimum Gasteiger partial charge on any atom is -0.497 e. The van der Waals surface area contributed by atoms with Gasteiger partial charge in [0.15, 0.2) is 0 Å². The van der Waals surface area contributed by atoms with Crippen molar-refractivity contribution < 1.29 is 9.53 Å². The first-order valence-electron chi connectivity index (χ1n) is 10.2. The summed E-state index contributed by atoms with van der Waals surface area (Å²) < 4.78 is 7.15. The summed E-state index contributed by atoms with van der Waals surface area (Å²) in [6, 6.07) is 16.7. The smallest absolute Gasteiger partial charge is 0.254 e. The van der Waals surface area contributed by atoms with Gasteiger partial charge in [0.2, 0.25) is 0 Å². The topological polar surface area (TPSA) is 64.4 Å². The van der Waals surface area contributed by atoms with Crippen LogP contribution in [0.5, 0.6) is 5.75 Å². The van der Waals surface area contributed by atoms with Crippen LogP contribution < -0.4 is 10.3 Å². The van der Waals surface area contributed by atoms with Gasteiger partial charge in [0.1, 0.15) is 5.75 Å². The van der Waals surface area contributed by atoms with Crippen LogP contribution >= 0.6 is 0 Å². The van der Waals surface area contributed by atoms with Crippen molar-refractivity contribution in [1.29, 1.82) is 0 Å². The molecule has 6 heteroatoms. The fourth-order valence-corrected chi connectivity index (χ4v) is 4.75. The van der Waals surface area contributed by atoms with Crippen molar-refractivity contribution in [1.82, 2.24) is 14.5 Å². The SMILES string of the molecule is COc1cccc(C(=O)N2C[C@@H]3C[C@H](C2)c2cc(-c4ccccn4)cc(=O)n2C3)c1. The molecule has 6 nitrogen and oxygen atoms in total. The summed E-state index contributed by atoms with van der Waals surface area (Å²) in [4.78, 5) is 32.3. The van der Waals surface area contributed by atoms with Gasteiger partial charge in [0.25, 0.3) is 11.5 Å². The fourth-order valence-electron chi connectivity index (χ4n) is 4.75. The van der Waals surface area contributed by atoms with Gasteiger partial charge < -0.3 is 14.2 Å². The lowest BCUT2D eigenvalue weighted by atomic mass is 9.82. The van der Waals surface area contributed by atoms with E-state index in [1.54, 1.807) is 25.4 Å². The van der Waals surface area contributed by atoms with Crippen molar-refractivity contribution in [3.8, 4) is 17.0 Å². The molecule has 0 unspecified atom stereocenters. The molecule has 4 heterocycles. The predicted molar refractivity (Wildman–Crippen MR) is 114 cm³/mol. The number of amides is 1. The number of pyridine rings is 2. The second-order valence-corrected chi connectivity index (χ2v) is 8.07. The quantitative estimate of drug-likeness (QED) is 0.676. The Morgan fingerprint density at radius 1 is 1.07 bits per heavy atom. The Bertz CT molecular complexity index is 1160. The molecule has 2 bridgehead atoms. The summed E-state index contributed by atoms with van der Waals surface area (Å²) >= 11 is 0. The maximum Gasteiger partial charge on any atom is 0.254 e. The highest BCUT2D eigenvalue weighted by Crippen LogP contribution is 2.37. The van der Waals surface area contributed by atoms with Gasteiger partial charge in [-0.3, -0.25) is 14.6 Å². The molecule has 0 radical (unpaired) electrons. The highest BCUT2D eigenvalue weighted by molar-refractivity contribution is 5.94. The zero-order valence-electron chi connectivity index (χ0n) is 16.8. The summed E-state index contributed by atoms with van der Waals surface area (Å²) in [6.07, 6.45) is 2.73. The third-order valence-corrected chi connectivity index (χ3v) is 6.12. The highest BCUT2D eigenvalue weighted by Gasteiger charge is 2.37. The number of hydrogen-bond acceptors (Lipinski definition) is 4. The van der Waals surface area contributed by atoms with E-state index in [0.29, 0.717) is 30.9 Å². The van der Waals surface area contributed by atoms with Crippen LogP contribution in [0.3, 0.4) is 0 Å². The molecule has 152 valence electrons. The van der Waals surface area contributed by atoms with Crippen LogP contribution in [0.4, 0.5) is 0 Å². The maximum absolute atomic E-state index is 13.2. The van der Waals surface area contributed by atoms with E-state index in [1.165, 1.54) is 0 Å². The van der Waals surface area contributed by atoms with E-state index in [-0.39, 0.29) is 23.3 Å². The molecule has 2 aromatic heterocycles. The lowest BCUT2D eigenvalue weighted by Gasteiger charge is -2.43. The molecule has 1 fully saturated rings. The van der Waals surface area contributed by atoms with Crippen molar-refractivity contribution >= 4 is 5.91 Å². The van der Waals surface area contributed by atoms with Crippen molar-refractivity contribution in [3.63, 3.8) is 0 Å². The number of benzene rings is 1. The number of piperidine rings is 1. The molecule has 1 amide bonds. The van der Waals surface area contributed by atoms with E-state index in [9.17, 15) is 9.59 Å². The fraction of sp³-hybridized carbons (Fsp3) is 0.292. The Morgan fingerprint density at radius 2 is 1.97 bits per heavy atom. The largest absolute Gasteiger partial charge is 0.497 e. The standard InChI is InChI=1S/C24H23N3O3/c1-30-20-6-4-5-17(10-20)24(29)26-13-16-9-19(15-26)22-11-18(12-23(28)27(22)14-16)21-7-2-3-8-25-21/h2-8,10-12,16,19H,9,13-15H2,1H3/t16-,19+/m0/s1. The van der Waals surface area contributed by atoms with Crippen LogP contribution in [-0.2, 0) is 6.54 Å². The summed E-state index contributed by atoms with van der Waals surface area (Å²) in [6.45, 7) is 1.92. The van der Waals surface area contributed by atoms with Gasteiger partial charge in [0, 0.05) is 54.6 Å². The molecular weight excluding hydrogens is 378 g/mol. The normalized spacial score (nSPS) is 19.8. The Hall–Kier alpha value is -3.41. The lowest BCUT2D eigenvalue weighted by Crippen LogP contribution is -2.49. The van der Waals surface area contributed by atoms with E-state index in [4.69, 9.17) is 4.74 Å². The number of ether oxygens (including phenoxy) is 1. The second-order valence-electron chi connectivity index (χ2n) is 8.07. The monoisotopic (exact) mass is 401 g/mol. The van der Waals surface area contributed by atoms with E-state index >= 15 is 0 Å². The van der Waals surface area contributed by atoms with Crippen LogP contribution in [0.15, 0.2) is 65.6 Å². The van der Waals surface area contributed by atoms with Gasteiger partial charge in [-0.15, -0.1) is 0 Å². The average Bonchev–Trinajstić information content (AvgIpc) is 2.79. The number of hydrogen-bond donors (Lipinski definition) is 0. The Balaban J connectivity index is 1.47. The zero-order valence-corrected chi connectivity index (χ0v) is 16.8. The van der Waals surface area contributed by atoms with Gasteiger partial charge in [-0.1, -0.05) is 12.1 Å². The van der Waals surface area contributed by atoms with Crippen molar-refractivity contribution in [3.05, 3.63) is 82.4 Å². The number of methoxy groups -OCH3 is 1. The first-order chi connectivity index (χ1) is 14.6. The van der Waals surface area contributed by atoms with Crippen LogP contribution in [-0.4, -0.2) is 40.6 Å². The molecule has 1 aromatic carbocycles. The first-order valence-corrected chi connectivity index (χ1v) is 10.2. The van der Waals surface area contributed by atoms with Crippen LogP contribution in [0.25, 0.3) is 11.3 Å². The molecule has 3 aromatic rings. The molecular formula is C24H23N3O3. The number of aromatic nitrogens is 2. The molecule has 2 aliphatic rings. The van der Waals surface area contributed by atoms with E-state index in [1.807, 2.05) is 45.9 Å². The van der Waals surface area contributed by atoms with Gasteiger partial charge in [0.05, 0.1) is 12.8 Å². The molecule has 2 atom stereocenters. The summed E-state index contributed by atoms with van der Waals surface area (Å²) in [5.41, 5.74) is 3.27. The summed E-state index contributed by atoms with van der Waals surface area (Å²) in [7, 11) is 1.60. The maximum atomic E-state index is 13.2. The third-order valence-electron chi connectivity index (χ3n) is 6.12. The minimum absolute atomic E-state index is 0.00965. The van der Waals surface area contributed by atoms with E-state index < -0.39 is 0 Å². The van der Waals surface area contributed by atoms with E-state index in [2.05, 4.69) is 11.1 Å². The zero-order chi connectivity index (χ0) is 20.7. The molecule has 2 aliphatic heterocycles. The number of rotatable bonds is 3. The molecule has 0 N–H and O–H groups in total. The summed E-state index contributed by atoms with van der Waals surface area (Å²) in [5, 5.41) is 0. The van der Waals surface area contributed by atoms with Crippen molar-refractivity contribution in [2.24, 2.45) is 5.92 Å². The van der Waals surface area contributed by atoms with Gasteiger partial charge >= 0.3 is 0 Å². The highest BCUT2D eigenvalue weighted by atomic mass is 16.5. The second kappa shape index (κ2) is 7.44. The Labute approximate surface area is 174 Å². The van der Waals surface area contributed by atoms with Crippen LogP contribution in [0, 0.1) is 5.92 Å². The number of likely N-dealkylation sites (tertiary alicyclic amines) is 1. The number of carbonyl (C=O) groups excluding carboxylic acids is 1. The molecule has 0 aliphatic carbocycles. The lowest BCUT2D eigenvalue weighted by molar-refractivity contribution is 0.0594. The first kappa shape index (κ1) is 18.6. The predicted octanol–water partition coefficient (Wildman–Crippen LogP) is 3.18. The Morgan fingerprint density at radius 3 is 2.77 bits per heavy atom. The van der Waals surface area contributed by atoms with Gasteiger partial charge in [-0.05, 0) is 48.7 Å². The van der Waals surface area contributed by atoms with Gasteiger partial charge in [-0.25, -0.2) is 0 Å². The van der Waals surface area contributed by atoms with Crippen LogP contribution in [0.2, 0.25) is 0 Å². The van der Waals surface area contributed by atoms with Crippen molar-refractivity contribution in [2.75, 3.05) is 20.2 Å². The van der Waals surface area contributed by atoms with E-state index in [0.717, 1.165) is 23.4 Å². The van der Waals surface area contributed by atoms with Crippen LogP contribution in [0.1, 0.15) is 28.4 Å².